The summed E-state index contributed by atoms with van der Waals surface area (Å²) in [7, 11) is 0. The van der Waals surface area contributed by atoms with Crippen LogP contribution in [0.4, 0.5) is 0 Å². The first-order valence-electron chi connectivity index (χ1n) is 5.36. The maximum absolute atomic E-state index is 5.59. The highest BCUT2D eigenvalue weighted by atomic mass is 32.1. The molecular weight excluding hydrogens is 230 g/mol. The summed E-state index contributed by atoms with van der Waals surface area (Å²) in [5.41, 5.74) is 7.68. The average molecular weight is 241 g/mol. The van der Waals surface area contributed by atoms with E-state index in [0.29, 0.717) is 6.54 Å². The molecule has 0 unspecified atom stereocenters. The van der Waals surface area contributed by atoms with Crippen molar-refractivity contribution in [2.45, 2.75) is 6.54 Å². The fourth-order valence-corrected chi connectivity index (χ4v) is 2.70. The first-order chi connectivity index (χ1) is 8.38. The number of benzene rings is 1. The fourth-order valence-electron chi connectivity index (χ4n) is 1.83. The minimum Gasteiger partial charge on any atom is -0.325 e. The topological polar surface area (TPSA) is 51.8 Å². The number of fused-ring (bicyclic) bond motifs is 1. The van der Waals surface area contributed by atoms with Gasteiger partial charge in [0.1, 0.15) is 5.01 Å². The maximum atomic E-state index is 5.59. The number of pyridine rings is 1. The zero-order chi connectivity index (χ0) is 11.7. The molecule has 84 valence electrons. The highest BCUT2D eigenvalue weighted by molar-refractivity contribution is 7.13. The van der Waals surface area contributed by atoms with Crippen molar-refractivity contribution < 1.29 is 0 Å². The summed E-state index contributed by atoms with van der Waals surface area (Å²) in [6.07, 6.45) is 3.68. The van der Waals surface area contributed by atoms with Crippen molar-refractivity contribution in [1.82, 2.24) is 9.97 Å². The monoisotopic (exact) mass is 241 g/mol. The van der Waals surface area contributed by atoms with Crippen LogP contribution in [0.5, 0.6) is 0 Å². The first-order valence-corrected chi connectivity index (χ1v) is 6.24. The Morgan fingerprint density at radius 1 is 1.24 bits per heavy atom. The molecule has 2 aromatic heterocycles. The Bertz CT molecular complexity index is 655. The first kappa shape index (κ1) is 10.4. The Morgan fingerprint density at radius 3 is 3.00 bits per heavy atom. The predicted molar refractivity (Wildman–Crippen MR) is 70.7 cm³/mol. The number of aromatic nitrogens is 2. The van der Waals surface area contributed by atoms with E-state index >= 15 is 0 Å². The quantitative estimate of drug-likeness (QED) is 0.750. The molecule has 4 heteroatoms. The van der Waals surface area contributed by atoms with E-state index in [2.05, 4.69) is 22.1 Å². The van der Waals surface area contributed by atoms with E-state index in [1.54, 1.807) is 11.3 Å². The summed E-state index contributed by atoms with van der Waals surface area (Å²) >= 11 is 1.63. The highest BCUT2D eigenvalue weighted by Crippen LogP contribution is 2.30. The molecule has 17 heavy (non-hydrogen) atoms. The highest BCUT2D eigenvalue weighted by Gasteiger charge is 2.07. The minimum absolute atomic E-state index is 0.489. The van der Waals surface area contributed by atoms with E-state index in [4.69, 9.17) is 5.73 Å². The fraction of sp³-hybridized carbons (Fsp3) is 0.0769. The van der Waals surface area contributed by atoms with Crippen LogP contribution in [0, 0.1) is 0 Å². The van der Waals surface area contributed by atoms with Crippen molar-refractivity contribution in [3.05, 3.63) is 47.7 Å². The van der Waals surface area contributed by atoms with Gasteiger partial charge in [-0.05, 0) is 11.5 Å². The standard InChI is InChI=1S/C13H11N3S/c14-6-10-8-17-13(16-10)12-3-1-2-9-7-15-5-4-11(9)12/h1-5,7-8H,6,14H2. The summed E-state index contributed by atoms with van der Waals surface area (Å²) in [6, 6.07) is 8.20. The van der Waals surface area contributed by atoms with E-state index in [9.17, 15) is 0 Å². The van der Waals surface area contributed by atoms with Gasteiger partial charge in [-0.25, -0.2) is 4.98 Å². The number of rotatable bonds is 2. The van der Waals surface area contributed by atoms with Crippen molar-refractivity contribution in [2.24, 2.45) is 5.73 Å². The number of nitrogens with two attached hydrogens (primary N) is 1. The van der Waals surface area contributed by atoms with E-state index in [0.717, 1.165) is 21.7 Å². The van der Waals surface area contributed by atoms with E-state index < -0.39 is 0 Å². The Kier molecular flexibility index (Phi) is 2.59. The Balaban J connectivity index is 2.23. The molecule has 0 fully saturated rings. The molecule has 0 saturated carbocycles. The molecule has 0 radical (unpaired) electrons. The van der Waals surface area contributed by atoms with Crippen molar-refractivity contribution in [3.8, 4) is 10.6 Å². The molecule has 2 heterocycles. The number of nitrogens with zero attached hydrogens (tertiary/aromatic N) is 2. The predicted octanol–water partition coefficient (Wildman–Crippen LogP) is 2.82. The third-order valence-electron chi connectivity index (χ3n) is 2.67. The Morgan fingerprint density at radius 2 is 2.18 bits per heavy atom. The number of thiazole rings is 1. The summed E-state index contributed by atoms with van der Waals surface area (Å²) in [5, 5.41) is 5.34. The third-order valence-corrected chi connectivity index (χ3v) is 3.60. The van der Waals surface area contributed by atoms with Crippen molar-refractivity contribution in [1.29, 1.82) is 0 Å². The van der Waals surface area contributed by atoms with Gasteiger partial charge in [0.15, 0.2) is 0 Å². The van der Waals surface area contributed by atoms with Crippen molar-refractivity contribution in [2.75, 3.05) is 0 Å². The van der Waals surface area contributed by atoms with Crippen LogP contribution >= 0.6 is 11.3 Å². The van der Waals surface area contributed by atoms with E-state index in [-0.39, 0.29) is 0 Å². The lowest BCUT2D eigenvalue weighted by atomic mass is 10.1. The van der Waals surface area contributed by atoms with Crippen LogP contribution in [-0.2, 0) is 6.54 Å². The zero-order valence-corrected chi connectivity index (χ0v) is 9.95. The van der Waals surface area contributed by atoms with Crippen LogP contribution in [-0.4, -0.2) is 9.97 Å². The minimum atomic E-state index is 0.489. The van der Waals surface area contributed by atoms with Gasteiger partial charge in [-0.3, -0.25) is 4.98 Å². The molecule has 3 aromatic rings. The second-order valence-electron chi connectivity index (χ2n) is 3.75. The van der Waals surface area contributed by atoms with Crippen LogP contribution in [0.3, 0.4) is 0 Å². The van der Waals surface area contributed by atoms with Crippen molar-refractivity contribution >= 4 is 22.1 Å². The molecule has 0 aliphatic heterocycles. The molecule has 0 spiro atoms. The molecule has 3 nitrogen and oxygen atoms in total. The summed E-state index contributed by atoms with van der Waals surface area (Å²) in [6.45, 7) is 0.489. The lowest BCUT2D eigenvalue weighted by Crippen LogP contribution is -1.95. The SMILES string of the molecule is NCc1csc(-c2cccc3cnccc23)n1. The van der Waals surface area contributed by atoms with Gasteiger partial charge in [0.05, 0.1) is 5.69 Å². The van der Waals surface area contributed by atoms with Gasteiger partial charge in [-0.15, -0.1) is 11.3 Å². The Labute approximate surface area is 103 Å². The second-order valence-corrected chi connectivity index (χ2v) is 4.61. The van der Waals surface area contributed by atoms with E-state index in [1.165, 1.54) is 5.39 Å². The Hall–Kier alpha value is -1.78. The van der Waals surface area contributed by atoms with Gasteiger partial charge >= 0.3 is 0 Å². The third kappa shape index (κ3) is 1.81. The summed E-state index contributed by atoms with van der Waals surface area (Å²) in [5.74, 6) is 0. The van der Waals surface area contributed by atoms with Crippen LogP contribution in [0.2, 0.25) is 0 Å². The second kappa shape index (κ2) is 4.24. The van der Waals surface area contributed by atoms with Gasteiger partial charge in [-0.2, -0.15) is 0 Å². The molecular formula is C13H11N3S. The van der Waals surface area contributed by atoms with Crippen LogP contribution < -0.4 is 5.73 Å². The van der Waals surface area contributed by atoms with Crippen LogP contribution in [0.25, 0.3) is 21.3 Å². The molecule has 0 bridgehead atoms. The molecule has 0 aliphatic carbocycles. The lowest BCUT2D eigenvalue weighted by molar-refractivity contribution is 1.01. The average Bonchev–Trinajstić information content (AvgIpc) is 2.87. The number of hydrogen-bond acceptors (Lipinski definition) is 4. The molecule has 0 atom stereocenters. The van der Waals surface area contributed by atoms with Crippen molar-refractivity contribution in [3.63, 3.8) is 0 Å². The van der Waals surface area contributed by atoms with Gasteiger partial charge in [-0.1, -0.05) is 18.2 Å². The maximum Gasteiger partial charge on any atom is 0.124 e. The van der Waals surface area contributed by atoms with E-state index in [1.807, 2.05) is 29.9 Å². The molecule has 0 aliphatic rings. The normalized spacial score (nSPS) is 10.9. The lowest BCUT2D eigenvalue weighted by Gasteiger charge is -2.02. The molecule has 3 rings (SSSR count). The van der Waals surface area contributed by atoms with Crippen LogP contribution in [0.1, 0.15) is 5.69 Å². The molecule has 1 aromatic carbocycles. The zero-order valence-electron chi connectivity index (χ0n) is 9.13. The van der Waals surface area contributed by atoms with Gasteiger partial charge in [0, 0.05) is 35.3 Å². The molecule has 0 saturated heterocycles. The summed E-state index contributed by atoms with van der Waals surface area (Å²) in [4.78, 5) is 8.65. The van der Waals surface area contributed by atoms with Gasteiger partial charge in [0.2, 0.25) is 0 Å². The largest absolute Gasteiger partial charge is 0.325 e. The smallest absolute Gasteiger partial charge is 0.124 e. The van der Waals surface area contributed by atoms with Crippen LogP contribution in [0.15, 0.2) is 42.0 Å². The van der Waals surface area contributed by atoms with Gasteiger partial charge < -0.3 is 5.73 Å². The number of hydrogen-bond donors (Lipinski definition) is 1. The molecule has 2 N–H and O–H groups in total. The summed E-state index contributed by atoms with van der Waals surface area (Å²) < 4.78 is 0. The molecule has 0 amide bonds. The van der Waals surface area contributed by atoms with Gasteiger partial charge in [0.25, 0.3) is 0 Å².